The van der Waals surface area contributed by atoms with Gasteiger partial charge in [0.05, 0.1) is 5.69 Å². The van der Waals surface area contributed by atoms with Gasteiger partial charge < -0.3 is 15.1 Å². The Hall–Kier alpha value is -1.13. The van der Waals surface area contributed by atoms with Crippen molar-refractivity contribution in [1.82, 2.24) is 15.2 Å². The number of hydrogen-bond donors (Lipinski definition) is 1. The zero-order valence-corrected chi connectivity index (χ0v) is 12.4. The number of likely N-dealkylation sites (tertiary alicyclic amines) is 1. The molecule has 1 aromatic heterocycles. The van der Waals surface area contributed by atoms with Crippen LogP contribution in [0.15, 0.2) is 18.3 Å². The van der Waals surface area contributed by atoms with E-state index in [9.17, 15) is 0 Å². The van der Waals surface area contributed by atoms with Crippen LogP contribution in [0.4, 0.5) is 5.69 Å². The van der Waals surface area contributed by atoms with Crippen LogP contribution in [-0.2, 0) is 6.54 Å². The van der Waals surface area contributed by atoms with Crippen LogP contribution in [0.2, 0.25) is 0 Å². The van der Waals surface area contributed by atoms with E-state index in [0.29, 0.717) is 0 Å². The summed E-state index contributed by atoms with van der Waals surface area (Å²) in [5, 5.41) is 3.15. The first-order valence-electron chi connectivity index (χ1n) is 7.18. The van der Waals surface area contributed by atoms with Crippen LogP contribution in [0.1, 0.15) is 18.5 Å². The fourth-order valence-corrected chi connectivity index (χ4v) is 2.72. The summed E-state index contributed by atoms with van der Waals surface area (Å²) in [5.74, 6) is 0.821. The molecule has 1 aromatic rings. The number of hydrogen-bond acceptors (Lipinski definition) is 4. The maximum absolute atomic E-state index is 4.37. The van der Waals surface area contributed by atoms with Gasteiger partial charge in [0.2, 0.25) is 0 Å². The van der Waals surface area contributed by atoms with Crippen molar-refractivity contribution in [3.63, 3.8) is 0 Å². The van der Waals surface area contributed by atoms with Gasteiger partial charge in [-0.05, 0) is 58.1 Å². The molecule has 0 spiro atoms. The zero-order chi connectivity index (χ0) is 13.7. The van der Waals surface area contributed by atoms with Gasteiger partial charge in [-0.3, -0.25) is 4.98 Å². The average molecular weight is 262 g/mol. The summed E-state index contributed by atoms with van der Waals surface area (Å²) in [6.07, 6.45) is 4.54. The molecule has 0 amide bonds. The van der Waals surface area contributed by atoms with Crippen LogP contribution in [0.25, 0.3) is 0 Å². The molecule has 0 saturated carbocycles. The van der Waals surface area contributed by atoms with E-state index in [0.717, 1.165) is 24.7 Å². The third-order valence-corrected chi connectivity index (χ3v) is 3.97. The number of pyridine rings is 1. The lowest BCUT2D eigenvalue weighted by molar-refractivity contribution is 0.222. The topological polar surface area (TPSA) is 31.4 Å². The molecule has 19 heavy (non-hydrogen) atoms. The Kier molecular flexibility index (Phi) is 5.16. The Labute approximate surface area is 116 Å². The lowest BCUT2D eigenvalue weighted by atomic mass is 9.96. The van der Waals surface area contributed by atoms with E-state index in [2.05, 4.69) is 46.3 Å². The molecule has 0 atom stereocenters. The molecule has 1 aliphatic heterocycles. The number of piperidine rings is 1. The minimum absolute atomic E-state index is 0.821. The number of aromatic nitrogens is 1. The maximum atomic E-state index is 4.37. The second kappa shape index (κ2) is 6.87. The normalized spacial score (nSPS) is 17.6. The fourth-order valence-electron chi connectivity index (χ4n) is 2.72. The molecular formula is C15H26N4. The first-order valence-corrected chi connectivity index (χ1v) is 7.18. The third-order valence-electron chi connectivity index (χ3n) is 3.97. The van der Waals surface area contributed by atoms with Crippen LogP contribution in [0, 0.1) is 5.92 Å². The Morgan fingerprint density at radius 3 is 2.84 bits per heavy atom. The van der Waals surface area contributed by atoms with Gasteiger partial charge in [-0.2, -0.15) is 0 Å². The van der Waals surface area contributed by atoms with Crippen molar-refractivity contribution in [2.75, 3.05) is 45.7 Å². The monoisotopic (exact) mass is 262 g/mol. The molecule has 106 valence electrons. The van der Waals surface area contributed by atoms with E-state index in [1.165, 1.54) is 31.6 Å². The molecule has 4 nitrogen and oxygen atoms in total. The molecule has 4 heteroatoms. The number of anilines is 1. The van der Waals surface area contributed by atoms with Crippen LogP contribution in [-0.4, -0.2) is 50.7 Å². The minimum atomic E-state index is 0.821. The molecular weight excluding hydrogens is 236 g/mol. The minimum Gasteiger partial charge on any atom is -0.374 e. The predicted molar refractivity (Wildman–Crippen MR) is 80.5 cm³/mol. The van der Waals surface area contributed by atoms with E-state index in [-0.39, 0.29) is 0 Å². The molecule has 0 unspecified atom stereocenters. The second-order valence-electron chi connectivity index (χ2n) is 5.66. The van der Waals surface area contributed by atoms with Crippen molar-refractivity contribution >= 4 is 5.69 Å². The largest absolute Gasteiger partial charge is 0.374 e. The van der Waals surface area contributed by atoms with E-state index in [1.807, 2.05) is 13.2 Å². The van der Waals surface area contributed by atoms with Gasteiger partial charge in [-0.15, -0.1) is 0 Å². The summed E-state index contributed by atoms with van der Waals surface area (Å²) in [5.41, 5.74) is 2.38. The average Bonchev–Trinajstić information content (AvgIpc) is 2.42. The van der Waals surface area contributed by atoms with Crippen LogP contribution in [0.5, 0.6) is 0 Å². The molecule has 2 heterocycles. The van der Waals surface area contributed by atoms with Crippen LogP contribution in [0.3, 0.4) is 0 Å². The van der Waals surface area contributed by atoms with Crippen molar-refractivity contribution in [2.24, 2.45) is 5.92 Å². The predicted octanol–water partition coefficient (Wildman–Crippen LogP) is 1.58. The second-order valence-corrected chi connectivity index (χ2v) is 5.66. The first-order chi connectivity index (χ1) is 9.19. The van der Waals surface area contributed by atoms with Crippen LogP contribution < -0.4 is 10.2 Å². The van der Waals surface area contributed by atoms with Gasteiger partial charge in [0, 0.05) is 32.0 Å². The van der Waals surface area contributed by atoms with E-state index < -0.39 is 0 Å². The highest BCUT2D eigenvalue weighted by atomic mass is 15.1. The Balaban J connectivity index is 1.91. The molecule has 0 bridgehead atoms. The van der Waals surface area contributed by atoms with Crippen molar-refractivity contribution in [3.05, 3.63) is 24.0 Å². The number of nitrogens with zero attached hydrogens (tertiary/aromatic N) is 3. The lowest BCUT2D eigenvalue weighted by Gasteiger charge is -2.32. The molecule has 1 N–H and O–H groups in total. The quantitative estimate of drug-likeness (QED) is 0.873. The van der Waals surface area contributed by atoms with Crippen molar-refractivity contribution in [1.29, 1.82) is 0 Å². The number of rotatable bonds is 5. The van der Waals surface area contributed by atoms with Crippen molar-refractivity contribution in [2.45, 2.75) is 19.4 Å². The maximum Gasteiger partial charge on any atom is 0.0562 e. The molecule has 1 fully saturated rings. The smallest absolute Gasteiger partial charge is 0.0562 e. The fraction of sp³-hybridized carbons (Fsp3) is 0.667. The molecule has 2 rings (SSSR count). The summed E-state index contributed by atoms with van der Waals surface area (Å²) in [6.45, 7) is 4.45. The Morgan fingerprint density at radius 2 is 2.16 bits per heavy atom. The van der Waals surface area contributed by atoms with E-state index in [4.69, 9.17) is 0 Å². The lowest BCUT2D eigenvalue weighted by Crippen LogP contribution is -2.35. The molecule has 1 saturated heterocycles. The van der Waals surface area contributed by atoms with Gasteiger partial charge in [0.15, 0.2) is 0 Å². The number of nitrogens with one attached hydrogen (secondary N) is 1. The highest BCUT2D eigenvalue weighted by Gasteiger charge is 2.18. The van der Waals surface area contributed by atoms with Crippen LogP contribution >= 0.6 is 0 Å². The van der Waals surface area contributed by atoms with Crippen molar-refractivity contribution < 1.29 is 0 Å². The molecule has 0 aromatic carbocycles. The van der Waals surface area contributed by atoms with Crippen molar-refractivity contribution in [3.8, 4) is 0 Å². The van der Waals surface area contributed by atoms with E-state index in [1.54, 1.807) is 0 Å². The highest BCUT2D eigenvalue weighted by molar-refractivity contribution is 5.45. The molecule has 0 radical (unpaired) electrons. The summed E-state index contributed by atoms with van der Waals surface area (Å²) < 4.78 is 0. The molecule has 1 aliphatic rings. The summed E-state index contributed by atoms with van der Waals surface area (Å²) >= 11 is 0. The SMILES string of the molecule is CNCc1cc(N(C)CC2CCN(C)CC2)ccn1. The zero-order valence-electron chi connectivity index (χ0n) is 12.4. The Morgan fingerprint density at radius 1 is 1.42 bits per heavy atom. The Bertz CT molecular complexity index is 385. The summed E-state index contributed by atoms with van der Waals surface area (Å²) in [4.78, 5) is 9.17. The summed E-state index contributed by atoms with van der Waals surface area (Å²) in [7, 11) is 6.36. The summed E-state index contributed by atoms with van der Waals surface area (Å²) in [6, 6.07) is 4.29. The standard InChI is InChI=1S/C15H26N4/c1-16-11-14-10-15(4-7-17-14)19(3)12-13-5-8-18(2)9-6-13/h4,7,10,13,16H,5-6,8-9,11-12H2,1-3H3. The highest BCUT2D eigenvalue weighted by Crippen LogP contribution is 2.20. The van der Waals surface area contributed by atoms with E-state index >= 15 is 0 Å². The van der Waals surface area contributed by atoms with Gasteiger partial charge in [-0.1, -0.05) is 0 Å². The first kappa shape index (κ1) is 14.3. The van der Waals surface area contributed by atoms with Gasteiger partial charge in [0.25, 0.3) is 0 Å². The third kappa shape index (κ3) is 4.18. The molecule has 0 aliphatic carbocycles. The van der Waals surface area contributed by atoms with Gasteiger partial charge in [-0.25, -0.2) is 0 Å². The van der Waals surface area contributed by atoms with Gasteiger partial charge >= 0.3 is 0 Å². The van der Waals surface area contributed by atoms with Gasteiger partial charge in [0.1, 0.15) is 0 Å².